The molecule has 0 unspecified atom stereocenters. The number of nitrogens with one attached hydrogen (secondary N) is 1. The highest BCUT2D eigenvalue weighted by atomic mass is 32.1. The number of thiazole rings is 1. The summed E-state index contributed by atoms with van der Waals surface area (Å²) in [4.78, 5) is 13.5. The second-order valence-corrected chi connectivity index (χ2v) is 6.35. The molecule has 3 aromatic rings. The predicted octanol–water partition coefficient (Wildman–Crippen LogP) is 3.84. The van der Waals surface area contributed by atoms with Gasteiger partial charge in [0.05, 0.1) is 20.9 Å². The highest BCUT2D eigenvalue weighted by molar-refractivity contribution is 7.18. The smallest absolute Gasteiger partial charge is 0.132 e. The van der Waals surface area contributed by atoms with E-state index in [0.29, 0.717) is 5.92 Å². The molecule has 108 valence electrons. The van der Waals surface area contributed by atoms with Gasteiger partial charge in [0.1, 0.15) is 12.1 Å². The molecule has 0 bridgehead atoms. The molecule has 0 aliphatic heterocycles. The van der Waals surface area contributed by atoms with Crippen molar-refractivity contribution in [3.8, 4) is 0 Å². The van der Waals surface area contributed by atoms with Crippen molar-refractivity contribution in [2.75, 3.05) is 12.4 Å². The number of para-hydroxylation sites is 1. The molecular weight excluding hydrogens is 280 g/mol. The molecule has 0 spiro atoms. The lowest BCUT2D eigenvalue weighted by Gasteiger charge is -2.14. The van der Waals surface area contributed by atoms with E-state index in [-0.39, 0.29) is 0 Å². The quantitative estimate of drug-likeness (QED) is 0.795. The van der Waals surface area contributed by atoms with Crippen molar-refractivity contribution in [3.63, 3.8) is 0 Å². The zero-order chi connectivity index (χ0) is 14.8. The fourth-order valence-electron chi connectivity index (χ4n) is 2.52. The van der Waals surface area contributed by atoms with Crippen molar-refractivity contribution in [1.82, 2.24) is 15.0 Å². The van der Waals surface area contributed by atoms with Crippen molar-refractivity contribution in [2.45, 2.75) is 26.2 Å². The molecule has 0 radical (unpaired) electrons. The molecule has 0 saturated carbocycles. The van der Waals surface area contributed by atoms with Crippen LogP contribution in [-0.2, 0) is 6.42 Å². The van der Waals surface area contributed by atoms with E-state index in [2.05, 4.69) is 41.3 Å². The zero-order valence-corrected chi connectivity index (χ0v) is 13.2. The minimum absolute atomic E-state index is 0.373. The van der Waals surface area contributed by atoms with Crippen molar-refractivity contribution in [2.24, 2.45) is 0 Å². The summed E-state index contributed by atoms with van der Waals surface area (Å²) in [5.41, 5.74) is 3.30. The SMILES string of the molecule is CNc1ncnc(Cc2nc3ccccc3s2)c1C(C)C. The van der Waals surface area contributed by atoms with Gasteiger partial charge in [0, 0.05) is 19.0 Å². The molecule has 4 nitrogen and oxygen atoms in total. The Labute approximate surface area is 128 Å². The second kappa shape index (κ2) is 5.77. The Hall–Kier alpha value is -2.01. The first-order valence-electron chi connectivity index (χ1n) is 7.05. The van der Waals surface area contributed by atoms with E-state index >= 15 is 0 Å². The summed E-state index contributed by atoms with van der Waals surface area (Å²) in [5.74, 6) is 1.29. The largest absolute Gasteiger partial charge is 0.373 e. The fraction of sp³-hybridized carbons (Fsp3) is 0.312. The summed E-state index contributed by atoms with van der Waals surface area (Å²) >= 11 is 1.73. The number of fused-ring (bicyclic) bond motifs is 1. The molecule has 21 heavy (non-hydrogen) atoms. The average molecular weight is 298 g/mol. The third kappa shape index (κ3) is 2.74. The van der Waals surface area contributed by atoms with Gasteiger partial charge in [-0.1, -0.05) is 26.0 Å². The van der Waals surface area contributed by atoms with Crippen LogP contribution in [0.4, 0.5) is 5.82 Å². The van der Waals surface area contributed by atoms with Crippen LogP contribution in [0.2, 0.25) is 0 Å². The van der Waals surface area contributed by atoms with Gasteiger partial charge >= 0.3 is 0 Å². The average Bonchev–Trinajstić information content (AvgIpc) is 2.88. The summed E-state index contributed by atoms with van der Waals surface area (Å²) in [5, 5.41) is 4.26. The van der Waals surface area contributed by atoms with Crippen molar-refractivity contribution in [1.29, 1.82) is 0 Å². The Kier molecular flexibility index (Phi) is 3.84. The maximum absolute atomic E-state index is 4.70. The van der Waals surface area contributed by atoms with Crippen LogP contribution in [0.5, 0.6) is 0 Å². The number of hydrogen-bond acceptors (Lipinski definition) is 5. The van der Waals surface area contributed by atoms with E-state index < -0.39 is 0 Å². The van der Waals surface area contributed by atoms with Gasteiger partial charge in [0.2, 0.25) is 0 Å². The molecule has 1 aromatic carbocycles. The molecular formula is C16H18N4S. The first-order valence-corrected chi connectivity index (χ1v) is 7.86. The van der Waals surface area contributed by atoms with Gasteiger partial charge in [-0.15, -0.1) is 11.3 Å². The Morgan fingerprint density at radius 1 is 1.19 bits per heavy atom. The van der Waals surface area contributed by atoms with Gasteiger partial charge in [-0.3, -0.25) is 0 Å². The Morgan fingerprint density at radius 3 is 2.71 bits per heavy atom. The molecule has 0 amide bonds. The maximum Gasteiger partial charge on any atom is 0.132 e. The van der Waals surface area contributed by atoms with Gasteiger partial charge in [-0.2, -0.15) is 0 Å². The van der Waals surface area contributed by atoms with Crippen LogP contribution >= 0.6 is 11.3 Å². The van der Waals surface area contributed by atoms with E-state index in [0.717, 1.165) is 28.5 Å². The first kappa shape index (κ1) is 13.9. The van der Waals surface area contributed by atoms with E-state index in [1.165, 1.54) is 10.3 Å². The molecule has 0 atom stereocenters. The number of hydrogen-bond donors (Lipinski definition) is 1. The lowest BCUT2D eigenvalue weighted by Crippen LogP contribution is -2.07. The molecule has 1 N–H and O–H groups in total. The number of nitrogens with zero attached hydrogens (tertiary/aromatic N) is 3. The molecule has 2 aromatic heterocycles. The van der Waals surface area contributed by atoms with Crippen LogP contribution in [0.15, 0.2) is 30.6 Å². The van der Waals surface area contributed by atoms with Crippen LogP contribution in [-0.4, -0.2) is 22.0 Å². The normalized spacial score (nSPS) is 11.2. The van der Waals surface area contributed by atoms with Crippen LogP contribution in [0.3, 0.4) is 0 Å². The molecule has 0 aliphatic carbocycles. The number of anilines is 1. The van der Waals surface area contributed by atoms with Crippen molar-refractivity contribution in [3.05, 3.63) is 46.9 Å². The minimum atomic E-state index is 0.373. The standard InChI is InChI=1S/C16H18N4S/c1-10(2)15-12(18-9-19-16(15)17-3)8-14-20-11-6-4-5-7-13(11)21-14/h4-7,9-10H,8H2,1-3H3,(H,17,18,19). The Balaban J connectivity index is 2.01. The lowest BCUT2D eigenvalue weighted by molar-refractivity contribution is 0.818. The number of benzene rings is 1. The van der Waals surface area contributed by atoms with Crippen LogP contribution in [0, 0.1) is 0 Å². The highest BCUT2D eigenvalue weighted by Crippen LogP contribution is 2.28. The monoisotopic (exact) mass is 298 g/mol. The minimum Gasteiger partial charge on any atom is -0.373 e. The van der Waals surface area contributed by atoms with Crippen LogP contribution < -0.4 is 5.32 Å². The van der Waals surface area contributed by atoms with E-state index in [9.17, 15) is 0 Å². The van der Waals surface area contributed by atoms with Crippen molar-refractivity contribution < 1.29 is 0 Å². The molecule has 5 heteroatoms. The van der Waals surface area contributed by atoms with Gasteiger partial charge in [0.15, 0.2) is 0 Å². The van der Waals surface area contributed by atoms with Crippen molar-refractivity contribution >= 4 is 27.4 Å². The molecule has 0 fully saturated rings. The van der Waals surface area contributed by atoms with E-state index in [1.807, 2.05) is 19.2 Å². The summed E-state index contributed by atoms with van der Waals surface area (Å²) in [7, 11) is 1.90. The van der Waals surface area contributed by atoms with Gasteiger partial charge in [0.25, 0.3) is 0 Å². The predicted molar refractivity (Wildman–Crippen MR) is 88.1 cm³/mol. The second-order valence-electron chi connectivity index (χ2n) is 5.24. The zero-order valence-electron chi connectivity index (χ0n) is 12.4. The van der Waals surface area contributed by atoms with Gasteiger partial charge in [-0.05, 0) is 18.1 Å². The summed E-state index contributed by atoms with van der Waals surface area (Å²) in [6.07, 6.45) is 2.38. The molecule has 2 heterocycles. The van der Waals surface area contributed by atoms with Crippen LogP contribution in [0.25, 0.3) is 10.2 Å². The number of rotatable bonds is 4. The van der Waals surface area contributed by atoms with Gasteiger partial charge < -0.3 is 5.32 Å². The Morgan fingerprint density at radius 2 is 2.00 bits per heavy atom. The summed E-state index contributed by atoms with van der Waals surface area (Å²) in [6, 6.07) is 8.24. The van der Waals surface area contributed by atoms with Gasteiger partial charge in [-0.25, -0.2) is 15.0 Å². The maximum atomic E-state index is 4.70. The van der Waals surface area contributed by atoms with E-state index in [1.54, 1.807) is 17.7 Å². The lowest BCUT2D eigenvalue weighted by atomic mass is 10.0. The van der Waals surface area contributed by atoms with E-state index in [4.69, 9.17) is 4.98 Å². The first-order chi connectivity index (χ1) is 10.2. The molecule has 0 aliphatic rings. The Bertz CT molecular complexity index is 731. The highest BCUT2D eigenvalue weighted by Gasteiger charge is 2.16. The molecule has 0 saturated heterocycles. The topological polar surface area (TPSA) is 50.7 Å². The number of aromatic nitrogens is 3. The third-order valence-electron chi connectivity index (χ3n) is 3.44. The summed E-state index contributed by atoms with van der Waals surface area (Å²) < 4.78 is 1.22. The van der Waals surface area contributed by atoms with Crippen LogP contribution in [0.1, 0.15) is 36.0 Å². The molecule has 3 rings (SSSR count). The fourth-order valence-corrected chi connectivity index (χ4v) is 3.49. The summed E-state index contributed by atoms with van der Waals surface area (Å²) in [6.45, 7) is 4.34. The third-order valence-corrected chi connectivity index (χ3v) is 4.47.